The summed E-state index contributed by atoms with van der Waals surface area (Å²) in [5.74, 6) is 1.33. The van der Waals surface area contributed by atoms with Gasteiger partial charge in [-0.25, -0.2) is 4.98 Å². The van der Waals surface area contributed by atoms with Crippen LogP contribution in [0.2, 0.25) is 0 Å². The van der Waals surface area contributed by atoms with Gasteiger partial charge in [0.2, 0.25) is 5.91 Å². The largest absolute Gasteiger partial charge is 0.396 e. The van der Waals surface area contributed by atoms with E-state index >= 15 is 0 Å². The van der Waals surface area contributed by atoms with Gasteiger partial charge in [-0.1, -0.05) is 0 Å². The third-order valence-electron chi connectivity index (χ3n) is 3.85. The van der Waals surface area contributed by atoms with Gasteiger partial charge in [-0.15, -0.1) is 0 Å². The fourth-order valence-electron chi connectivity index (χ4n) is 2.79. The number of amides is 1. The monoisotopic (exact) mass is 310 g/mol. The minimum Gasteiger partial charge on any atom is -0.396 e. The van der Waals surface area contributed by atoms with Crippen LogP contribution in [0.4, 0.5) is 5.82 Å². The van der Waals surface area contributed by atoms with Crippen molar-refractivity contribution in [3.63, 3.8) is 0 Å². The summed E-state index contributed by atoms with van der Waals surface area (Å²) in [6.07, 6.45) is 4.85. The first-order valence-electron chi connectivity index (χ1n) is 6.26. The van der Waals surface area contributed by atoms with Gasteiger partial charge in [0.15, 0.2) is 0 Å². The molecule has 1 aromatic heterocycles. The summed E-state index contributed by atoms with van der Waals surface area (Å²) in [5.41, 5.74) is 1.14. The average Bonchev–Trinajstić information content (AvgIpc) is 2.30. The first-order chi connectivity index (χ1) is 8.69. The van der Waals surface area contributed by atoms with Gasteiger partial charge in [-0.05, 0) is 52.7 Å². The molecule has 0 bridgehead atoms. The van der Waals surface area contributed by atoms with Crippen molar-refractivity contribution < 1.29 is 9.90 Å². The van der Waals surface area contributed by atoms with E-state index in [0.717, 1.165) is 35.1 Å². The predicted octanol–water partition coefficient (Wildman–Crippen LogP) is 1.89. The molecule has 1 saturated carbocycles. The smallest absolute Gasteiger partial charge is 0.228 e. The Morgan fingerprint density at radius 3 is 2.94 bits per heavy atom. The average molecular weight is 311 g/mol. The molecule has 1 N–H and O–H groups in total. The van der Waals surface area contributed by atoms with Crippen LogP contribution in [0.1, 0.15) is 24.8 Å². The van der Waals surface area contributed by atoms with Crippen molar-refractivity contribution in [2.45, 2.75) is 31.7 Å². The second-order valence-electron chi connectivity index (χ2n) is 5.07. The number of carbonyl (C=O) groups is 1. The number of carbonyl (C=O) groups excluding carboxylic acids is 1. The normalized spacial score (nSPS) is 26.8. The number of halogens is 1. The highest BCUT2D eigenvalue weighted by molar-refractivity contribution is 9.10. The van der Waals surface area contributed by atoms with Crippen LogP contribution in [0.3, 0.4) is 0 Å². The standard InChI is InChI=1S/C13H15BrN2O2/c14-10-5-9-1-2-12(18)16(13(9)15-6-10)11-3-8(4-11)7-17/h5-6,8,11,17H,1-4,7H2. The van der Waals surface area contributed by atoms with E-state index in [-0.39, 0.29) is 18.6 Å². The van der Waals surface area contributed by atoms with Gasteiger partial charge < -0.3 is 5.11 Å². The van der Waals surface area contributed by atoms with Crippen molar-refractivity contribution in [1.82, 2.24) is 4.98 Å². The number of hydrogen-bond donors (Lipinski definition) is 1. The maximum Gasteiger partial charge on any atom is 0.228 e. The summed E-state index contributed by atoms with van der Waals surface area (Å²) >= 11 is 3.42. The molecule has 0 saturated heterocycles. The Hall–Kier alpha value is -0.940. The van der Waals surface area contributed by atoms with Crippen molar-refractivity contribution in [3.05, 3.63) is 22.3 Å². The molecular weight excluding hydrogens is 296 g/mol. The summed E-state index contributed by atoms with van der Waals surface area (Å²) in [6, 6.07) is 2.27. The van der Waals surface area contributed by atoms with Crippen molar-refractivity contribution in [2.24, 2.45) is 5.92 Å². The first kappa shape index (κ1) is 12.1. The lowest BCUT2D eigenvalue weighted by atomic mass is 9.79. The van der Waals surface area contributed by atoms with E-state index in [1.54, 1.807) is 6.20 Å². The predicted molar refractivity (Wildman–Crippen MR) is 71.3 cm³/mol. The van der Waals surface area contributed by atoms with Crippen LogP contribution in [0.5, 0.6) is 0 Å². The van der Waals surface area contributed by atoms with Gasteiger partial charge in [-0.2, -0.15) is 0 Å². The molecule has 0 radical (unpaired) electrons. The van der Waals surface area contributed by atoms with Gasteiger partial charge >= 0.3 is 0 Å². The Bertz CT molecular complexity index is 486. The van der Waals surface area contributed by atoms with Gasteiger partial charge in [-0.3, -0.25) is 9.69 Å². The fraction of sp³-hybridized carbons (Fsp3) is 0.538. The van der Waals surface area contributed by atoms with Crippen LogP contribution < -0.4 is 4.90 Å². The van der Waals surface area contributed by atoms with Gasteiger partial charge in [0, 0.05) is 29.7 Å². The van der Waals surface area contributed by atoms with E-state index in [2.05, 4.69) is 20.9 Å². The number of aliphatic hydroxyl groups is 1. The van der Waals surface area contributed by atoms with Gasteiger partial charge in [0.25, 0.3) is 0 Å². The second kappa shape index (κ2) is 4.63. The highest BCUT2D eigenvalue weighted by Crippen LogP contribution is 2.38. The quantitative estimate of drug-likeness (QED) is 0.907. The summed E-state index contributed by atoms with van der Waals surface area (Å²) in [6.45, 7) is 0.221. The lowest BCUT2D eigenvalue weighted by molar-refractivity contribution is -0.120. The number of aromatic nitrogens is 1. The molecule has 5 heteroatoms. The van der Waals surface area contributed by atoms with Gasteiger partial charge in [0.1, 0.15) is 5.82 Å². The molecule has 0 unspecified atom stereocenters. The zero-order chi connectivity index (χ0) is 12.7. The highest BCUT2D eigenvalue weighted by Gasteiger charge is 2.39. The molecule has 0 spiro atoms. The van der Waals surface area contributed by atoms with E-state index in [1.165, 1.54) is 0 Å². The van der Waals surface area contributed by atoms with E-state index < -0.39 is 0 Å². The van der Waals surface area contributed by atoms with Crippen molar-refractivity contribution >= 4 is 27.7 Å². The Morgan fingerprint density at radius 1 is 1.44 bits per heavy atom. The van der Waals surface area contributed by atoms with Gasteiger partial charge in [0.05, 0.1) is 0 Å². The first-order valence-corrected chi connectivity index (χ1v) is 7.05. The Morgan fingerprint density at radius 2 is 2.22 bits per heavy atom. The maximum absolute atomic E-state index is 12.1. The molecule has 1 aromatic rings. The van der Waals surface area contributed by atoms with Crippen molar-refractivity contribution in [1.29, 1.82) is 0 Å². The molecule has 2 heterocycles. The maximum atomic E-state index is 12.1. The molecule has 1 amide bonds. The third-order valence-corrected chi connectivity index (χ3v) is 4.28. The molecule has 3 rings (SSSR count). The number of fused-ring (bicyclic) bond motifs is 1. The molecule has 1 fully saturated rings. The molecule has 0 aromatic carbocycles. The number of aryl methyl sites for hydroxylation is 1. The summed E-state index contributed by atoms with van der Waals surface area (Å²) in [5, 5.41) is 9.07. The van der Waals surface area contributed by atoms with Crippen LogP contribution >= 0.6 is 15.9 Å². The van der Waals surface area contributed by atoms with Crippen LogP contribution in [0.15, 0.2) is 16.7 Å². The molecule has 4 nitrogen and oxygen atoms in total. The minimum absolute atomic E-state index is 0.165. The van der Waals surface area contributed by atoms with E-state index in [9.17, 15) is 4.79 Å². The number of hydrogen-bond acceptors (Lipinski definition) is 3. The fourth-order valence-corrected chi connectivity index (χ4v) is 3.17. The lowest BCUT2D eigenvalue weighted by Crippen LogP contribution is -2.51. The number of aliphatic hydroxyl groups excluding tert-OH is 1. The van der Waals surface area contributed by atoms with Crippen LogP contribution in [-0.2, 0) is 11.2 Å². The van der Waals surface area contributed by atoms with Crippen LogP contribution in [-0.4, -0.2) is 28.6 Å². The number of pyridine rings is 1. The molecule has 0 atom stereocenters. The van der Waals surface area contributed by atoms with Crippen LogP contribution in [0, 0.1) is 5.92 Å². The number of rotatable bonds is 2. The molecule has 2 aliphatic rings. The zero-order valence-corrected chi connectivity index (χ0v) is 11.6. The van der Waals surface area contributed by atoms with Crippen molar-refractivity contribution in [2.75, 3.05) is 11.5 Å². The molecular formula is C13H15BrN2O2. The topological polar surface area (TPSA) is 53.4 Å². The Kier molecular flexibility index (Phi) is 3.11. The molecule has 1 aliphatic carbocycles. The van der Waals surface area contributed by atoms with Crippen molar-refractivity contribution in [3.8, 4) is 0 Å². The second-order valence-corrected chi connectivity index (χ2v) is 5.99. The number of nitrogens with zero attached hydrogens (tertiary/aromatic N) is 2. The minimum atomic E-state index is 0.165. The molecule has 96 valence electrons. The van der Waals surface area contributed by atoms with Crippen LogP contribution in [0.25, 0.3) is 0 Å². The molecule has 18 heavy (non-hydrogen) atoms. The summed E-state index contributed by atoms with van der Waals surface area (Å²) < 4.78 is 0.956. The summed E-state index contributed by atoms with van der Waals surface area (Å²) in [7, 11) is 0. The highest BCUT2D eigenvalue weighted by atomic mass is 79.9. The Balaban J connectivity index is 1.88. The SMILES string of the molecule is O=C1CCc2cc(Br)cnc2N1C1CC(CO)C1. The number of anilines is 1. The van der Waals surface area contributed by atoms with E-state index in [1.807, 2.05) is 11.0 Å². The third kappa shape index (κ3) is 1.95. The zero-order valence-electron chi connectivity index (χ0n) is 9.97. The van der Waals surface area contributed by atoms with E-state index in [0.29, 0.717) is 12.3 Å². The lowest BCUT2D eigenvalue weighted by Gasteiger charge is -2.43. The Labute approximate surface area is 114 Å². The summed E-state index contributed by atoms with van der Waals surface area (Å²) in [4.78, 5) is 18.3. The van der Waals surface area contributed by atoms with E-state index in [4.69, 9.17) is 5.11 Å². The molecule has 1 aliphatic heterocycles.